The third-order valence-electron chi connectivity index (χ3n) is 2.34. The Hall–Kier alpha value is -0.520. The second-order valence-electron chi connectivity index (χ2n) is 3.95. The zero-order chi connectivity index (χ0) is 13.5. The number of hydrogen-bond donors (Lipinski definition) is 1. The highest BCUT2D eigenvalue weighted by Gasteiger charge is 2.18. The number of rotatable bonds is 6. The lowest BCUT2D eigenvalue weighted by Gasteiger charge is -2.20. The van der Waals surface area contributed by atoms with E-state index in [0.29, 0.717) is 12.4 Å². The number of benzene rings is 1. The van der Waals surface area contributed by atoms with Gasteiger partial charge in [-0.25, -0.2) is 0 Å². The fourth-order valence-electron chi connectivity index (χ4n) is 1.60. The summed E-state index contributed by atoms with van der Waals surface area (Å²) in [4.78, 5) is 11.4. The minimum atomic E-state index is -0.192. The lowest BCUT2D eigenvalue weighted by atomic mass is 10.1. The van der Waals surface area contributed by atoms with Crippen LogP contribution in [0.15, 0.2) is 28.7 Å². The van der Waals surface area contributed by atoms with E-state index in [1.165, 1.54) is 11.8 Å². The van der Waals surface area contributed by atoms with Crippen molar-refractivity contribution in [2.75, 3.05) is 12.4 Å². The number of ether oxygens (including phenoxy) is 1. The van der Waals surface area contributed by atoms with Crippen LogP contribution in [0.2, 0.25) is 0 Å². The molecule has 1 aromatic rings. The number of thioether (sulfide) groups is 1. The van der Waals surface area contributed by atoms with E-state index in [9.17, 15) is 4.79 Å². The fraction of sp³-hybridized carbons (Fsp3) is 0.462. The molecule has 1 rings (SSSR count). The van der Waals surface area contributed by atoms with Gasteiger partial charge in [0.25, 0.3) is 0 Å². The van der Waals surface area contributed by atoms with Crippen LogP contribution >= 0.6 is 27.7 Å². The van der Waals surface area contributed by atoms with Gasteiger partial charge in [-0.15, -0.1) is 11.8 Å². The van der Waals surface area contributed by atoms with E-state index in [1.807, 2.05) is 31.2 Å². The van der Waals surface area contributed by atoms with Crippen LogP contribution in [0.25, 0.3) is 0 Å². The molecule has 2 atom stereocenters. The number of carbonyl (C=O) groups excluding carboxylic acids is 1. The van der Waals surface area contributed by atoms with Crippen molar-refractivity contribution in [3.8, 4) is 0 Å². The summed E-state index contributed by atoms with van der Waals surface area (Å²) in [5.74, 6) is 0.134. The molecule has 0 amide bonds. The standard InChI is InChI=1S/C13H18BrNO2S/c1-3-17-12(16)8-18-13(9(2)15)10-5-4-6-11(14)7-10/h4-7,9,13H,3,8,15H2,1-2H3. The maximum Gasteiger partial charge on any atom is 0.315 e. The van der Waals surface area contributed by atoms with Crippen LogP contribution in [-0.4, -0.2) is 24.4 Å². The van der Waals surface area contributed by atoms with Gasteiger partial charge in [-0.05, 0) is 31.5 Å². The van der Waals surface area contributed by atoms with E-state index < -0.39 is 0 Å². The molecule has 0 aliphatic heterocycles. The second kappa shape index (κ2) is 7.81. The van der Waals surface area contributed by atoms with Gasteiger partial charge in [0.05, 0.1) is 12.4 Å². The maximum atomic E-state index is 11.4. The molecule has 0 aliphatic rings. The Morgan fingerprint density at radius 1 is 1.56 bits per heavy atom. The summed E-state index contributed by atoms with van der Waals surface area (Å²) < 4.78 is 5.94. The number of carbonyl (C=O) groups is 1. The number of nitrogens with two attached hydrogens (primary N) is 1. The summed E-state index contributed by atoms with van der Waals surface area (Å²) in [5.41, 5.74) is 7.11. The molecule has 3 nitrogen and oxygen atoms in total. The minimum absolute atomic E-state index is 0.0290. The molecule has 0 saturated heterocycles. The molecular weight excluding hydrogens is 314 g/mol. The molecule has 5 heteroatoms. The Labute approximate surface area is 121 Å². The topological polar surface area (TPSA) is 52.3 Å². The Morgan fingerprint density at radius 2 is 2.28 bits per heavy atom. The van der Waals surface area contributed by atoms with Gasteiger partial charge in [0.2, 0.25) is 0 Å². The van der Waals surface area contributed by atoms with Gasteiger partial charge < -0.3 is 10.5 Å². The first-order valence-electron chi connectivity index (χ1n) is 5.83. The Balaban J connectivity index is 2.69. The maximum absolute atomic E-state index is 11.4. The van der Waals surface area contributed by atoms with Gasteiger partial charge in [-0.2, -0.15) is 0 Å². The van der Waals surface area contributed by atoms with Crippen molar-refractivity contribution in [1.29, 1.82) is 0 Å². The highest BCUT2D eigenvalue weighted by Crippen LogP contribution is 2.32. The molecule has 0 bridgehead atoms. The SMILES string of the molecule is CCOC(=O)CSC(c1cccc(Br)c1)C(C)N. The van der Waals surface area contributed by atoms with Crippen LogP contribution in [0.5, 0.6) is 0 Å². The summed E-state index contributed by atoms with van der Waals surface area (Å²) >= 11 is 4.96. The number of halogens is 1. The van der Waals surface area contributed by atoms with Crippen LogP contribution < -0.4 is 5.73 Å². The van der Waals surface area contributed by atoms with Crippen molar-refractivity contribution in [3.63, 3.8) is 0 Å². The van der Waals surface area contributed by atoms with Crippen LogP contribution in [0.4, 0.5) is 0 Å². The largest absolute Gasteiger partial charge is 0.465 e. The van der Waals surface area contributed by atoms with Crippen molar-refractivity contribution in [2.24, 2.45) is 5.73 Å². The zero-order valence-corrected chi connectivity index (χ0v) is 13.0. The zero-order valence-electron chi connectivity index (χ0n) is 10.6. The van der Waals surface area contributed by atoms with E-state index in [-0.39, 0.29) is 17.3 Å². The van der Waals surface area contributed by atoms with E-state index in [2.05, 4.69) is 15.9 Å². The summed E-state index contributed by atoms with van der Waals surface area (Å²) in [5, 5.41) is 0.0897. The van der Waals surface area contributed by atoms with Crippen LogP contribution in [0, 0.1) is 0 Å². The normalized spacial score (nSPS) is 14.0. The van der Waals surface area contributed by atoms with Gasteiger partial charge in [0.1, 0.15) is 0 Å². The van der Waals surface area contributed by atoms with E-state index in [1.54, 1.807) is 6.92 Å². The highest BCUT2D eigenvalue weighted by atomic mass is 79.9. The first-order valence-corrected chi connectivity index (χ1v) is 7.67. The quantitative estimate of drug-likeness (QED) is 0.813. The molecule has 0 fully saturated rings. The molecule has 1 aromatic carbocycles. The molecule has 0 radical (unpaired) electrons. The fourth-order valence-corrected chi connectivity index (χ4v) is 3.05. The molecule has 0 spiro atoms. The summed E-state index contributed by atoms with van der Waals surface area (Å²) in [6.07, 6.45) is 0. The van der Waals surface area contributed by atoms with Crippen molar-refractivity contribution in [2.45, 2.75) is 25.1 Å². The van der Waals surface area contributed by atoms with Crippen molar-refractivity contribution in [1.82, 2.24) is 0 Å². The third-order valence-corrected chi connectivity index (χ3v) is 4.30. The van der Waals surface area contributed by atoms with Crippen molar-refractivity contribution < 1.29 is 9.53 Å². The summed E-state index contributed by atoms with van der Waals surface area (Å²) in [7, 11) is 0. The first-order chi connectivity index (χ1) is 8.54. The predicted octanol–water partition coefficient (Wildman–Crippen LogP) is 3.13. The summed E-state index contributed by atoms with van der Waals surface area (Å²) in [6.45, 7) is 4.17. The van der Waals surface area contributed by atoms with Crippen molar-refractivity contribution >= 4 is 33.7 Å². The lowest BCUT2D eigenvalue weighted by molar-refractivity contribution is -0.139. The first kappa shape index (κ1) is 15.5. The second-order valence-corrected chi connectivity index (χ2v) is 6.00. The van der Waals surface area contributed by atoms with Crippen LogP contribution in [0.3, 0.4) is 0 Å². The molecular formula is C13H18BrNO2S. The van der Waals surface area contributed by atoms with E-state index in [0.717, 1.165) is 10.0 Å². The van der Waals surface area contributed by atoms with E-state index in [4.69, 9.17) is 10.5 Å². The molecule has 0 aromatic heterocycles. The molecule has 2 N–H and O–H groups in total. The monoisotopic (exact) mass is 331 g/mol. The smallest absolute Gasteiger partial charge is 0.315 e. The average molecular weight is 332 g/mol. The highest BCUT2D eigenvalue weighted by molar-refractivity contribution is 9.10. The number of hydrogen-bond acceptors (Lipinski definition) is 4. The van der Waals surface area contributed by atoms with E-state index >= 15 is 0 Å². The molecule has 18 heavy (non-hydrogen) atoms. The molecule has 0 heterocycles. The van der Waals surface area contributed by atoms with Gasteiger partial charge in [-0.3, -0.25) is 4.79 Å². The lowest BCUT2D eigenvalue weighted by Crippen LogP contribution is -2.24. The molecule has 0 saturated carbocycles. The minimum Gasteiger partial charge on any atom is -0.465 e. The Bertz CT molecular complexity index is 398. The van der Waals surface area contributed by atoms with Gasteiger partial charge in [0, 0.05) is 15.8 Å². The van der Waals surface area contributed by atoms with Gasteiger partial charge >= 0.3 is 5.97 Å². The summed E-state index contributed by atoms with van der Waals surface area (Å²) in [6, 6.07) is 7.97. The van der Waals surface area contributed by atoms with Crippen LogP contribution in [-0.2, 0) is 9.53 Å². The predicted molar refractivity (Wildman–Crippen MR) is 79.6 cm³/mol. The van der Waals surface area contributed by atoms with Crippen molar-refractivity contribution in [3.05, 3.63) is 34.3 Å². The third kappa shape index (κ3) is 5.00. The van der Waals surface area contributed by atoms with Crippen LogP contribution in [0.1, 0.15) is 24.7 Å². The molecule has 100 valence electrons. The van der Waals surface area contributed by atoms with Gasteiger partial charge in [-0.1, -0.05) is 28.1 Å². The number of esters is 1. The Morgan fingerprint density at radius 3 is 2.83 bits per heavy atom. The average Bonchev–Trinajstić information content (AvgIpc) is 2.29. The Kier molecular flexibility index (Phi) is 6.75. The molecule has 0 aliphatic carbocycles. The molecule has 2 unspecified atom stereocenters. The van der Waals surface area contributed by atoms with Gasteiger partial charge in [0.15, 0.2) is 0 Å².